The normalized spacial score (nSPS) is 11.7. The average molecular weight is 297 g/mol. The smallest absolute Gasteiger partial charge is 0.127 e. The van der Waals surface area contributed by atoms with E-state index in [-0.39, 0.29) is 5.82 Å². The van der Waals surface area contributed by atoms with E-state index in [1.54, 1.807) is 18.2 Å². The van der Waals surface area contributed by atoms with Crippen molar-refractivity contribution in [3.05, 3.63) is 65.0 Å². The number of hydrogen-bond donors (Lipinski definition) is 0. The molecule has 0 saturated heterocycles. The van der Waals surface area contributed by atoms with Gasteiger partial charge in [0.25, 0.3) is 0 Å². The molecule has 114 valence electrons. The molecule has 0 amide bonds. The fourth-order valence-corrected chi connectivity index (χ4v) is 2.38. The van der Waals surface area contributed by atoms with Gasteiger partial charge in [-0.25, -0.2) is 4.39 Å². The Labute approximate surface area is 131 Å². The Bertz CT molecular complexity index is 675. The van der Waals surface area contributed by atoms with Crippen molar-refractivity contribution in [3.63, 3.8) is 0 Å². The van der Waals surface area contributed by atoms with Gasteiger partial charge < -0.3 is 4.74 Å². The molecule has 0 spiro atoms. The van der Waals surface area contributed by atoms with Crippen LogP contribution in [0.2, 0.25) is 0 Å². The van der Waals surface area contributed by atoms with Crippen LogP contribution in [0, 0.1) is 31.0 Å². The van der Waals surface area contributed by atoms with Gasteiger partial charge in [0.15, 0.2) is 0 Å². The van der Waals surface area contributed by atoms with Crippen LogP contribution in [0.25, 0.3) is 0 Å². The van der Waals surface area contributed by atoms with Crippen molar-refractivity contribution in [1.29, 1.82) is 5.26 Å². The van der Waals surface area contributed by atoms with E-state index in [0.29, 0.717) is 25.0 Å². The summed E-state index contributed by atoms with van der Waals surface area (Å²) in [5.41, 5.74) is 2.72. The molecular weight excluding hydrogens is 277 g/mol. The number of halogens is 1. The van der Waals surface area contributed by atoms with E-state index in [9.17, 15) is 9.65 Å². The van der Waals surface area contributed by atoms with Gasteiger partial charge >= 0.3 is 0 Å². The third-order valence-corrected chi connectivity index (χ3v) is 3.67. The first kappa shape index (κ1) is 16.0. The maximum Gasteiger partial charge on any atom is 0.127 e. The molecule has 0 bridgehead atoms. The van der Waals surface area contributed by atoms with Gasteiger partial charge in [0.1, 0.15) is 11.6 Å². The van der Waals surface area contributed by atoms with E-state index < -0.39 is 5.92 Å². The first-order valence-corrected chi connectivity index (χ1v) is 7.46. The molecular formula is C19H20FNO. The van der Waals surface area contributed by atoms with Gasteiger partial charge in [0.2, 0.25) is 0 Å². The molecule has 0 fully saturated rings. The molecule has 2 aromatic rings. The minimum atomic E-state index is -0.427. The quantitative estimate of drug-likeness (QED) is 0.710. The minimum Gasteiger partial charge on any atom is -0.493 e. The second-order valence-electron chi connectivity index (χ2n) is 5.46. The predicted octanol–water partition coefficient (Wildman–Crippen LogP) is 4.91. The summed E-state index contributed by atoms with van der Waals surface area (Å²) in [7, 11) is 0. The third-order valence-electron chi connectivity index (χ3n) is 3.67. The van der Waals surface area contributed by atoms with Crippen molar-refractivity contribution >= 4 is 0 Å². The molecule has 3 heteroatoms. The highest BCUT2D eigenvalue weighted by Crippen LogP contribution is 2.24. The fourth-order valence-electron chi connectivity index (χ4n) is 2.38. The molecule has 0 aliphatic heterocycles. The monoisotopic (exact) mass is 297 g/mol. The van der Waals surface area contributed by atoms with Gasteiger partial charge in [-0.2, -0.15) is 5.26 Å². The number of hydrogen-bond acceptors (Lipinski definition) is 2. The summed E-state index contributed by atoms with van der Waals surface area (Å²) in [5.74, 6) is 0.132. The molecule has 0 N–H and O–H groups in total. The summed E-state index contributed by atoms with van der Waals surface area (Å²) >= 11 is 0. The topological polar surface area (TPSA) is 33.0 Å². The molecule has 0 aliphatic carbocycles. The molecule has 0 heterocycles. The van der Waals surface area contributed by atoms with Crippen LogP contribution >= 0.6 is 0 Å². The first-order chi connectivity index (χ1) is 10.6. The second kappa shape index (κ2) is 7.61. The number of rotatable bonds is 6. The van der Waals surface area contributed by atoms with Crippen molar-refractivity contribution in [2.24, 2.45) is 0 Å². The highest BCUT2D eigenvalue weighted by atomic mass is 19.1. The summed E-state index contributed by atoms with van der Waals surface area (Å²) in [5, 5.41) is 9.24. The molecule has 2 rings (SSSR count). The van der Waals surface area contributed by atoms with Crippen LogP contribution in [-0.2, 0) is 0 Å². The van der Waals surface area contributed by atoms with Gasteiger partial charge in [-0.15, -0.1) is 0 Å². The van der Waals surface area contributed by atoms with Crippen molar-refractivity contribution in [2.75, 3.05) is 6.61 Å². The largest absolute Gasteiger partial charge is 0.493 e. The molecule has 0 radical (unpaired) electrons. The second-order valence-corrected chi connectivity index (χ2v) is 5.46. The summed E-state index contributed by atoms with van der Waals surface area (Å²) in [6.07, 6.45) is 1.29. The molecule has 0 aromatic heterocycles. The SMILES string of the molecule is Cc1ccc(C)c(OCCCC(C#N)c2ccccc2F)c1. The number of nitriles is 1. The zero-order valence-electron chi connectivity index (χ0n) is 13.0. The Kier molecular flexibility index (Phi) is 5.55. The minimum absolute atomic E-state index is 0.315. The van der Waals surface area contributed by atoms with E-state index in [4.69, 9.17) is 4.74 Å². The summed E-state index contributed by atoms with van der Waals surface area (Å²) in [4.78, 5) is 0. The molecule has 22 heavy (non-hydrogen) atoms. The molecule has 1 atom stereocenters. The molecule has 0 saturated carbocycles. The first-order valence-electron chi connectivity index (χ1n) is 7.46. The lowest BCUT2D eigenvalue weighted by molar-refractivity contribution is 0.302. The maximum atomic E-state index is 13.7. The van der Waals surface area contributed by atoms with Crippen LogP contribution in [0.1, 0.15) is 35.4 Å². The number of nitrogens with zero attached hydrogens (tertiary/aromatic N) is 1. The van der Waals surface area contributed by atoms with E-state index in [0.717, 1.165) is 16.9 Å². The molecule has 1 unspecified atom stereocenters. The van der Waals surface area contributed by atoms with E-state index in [1.165, 1.54) is 6.07 Å². The van der Waals surface area contributed by atoms with Crippen molar-refractivity contribution in [1.82, 2.24) is 0 Å². The lowest BCUT2D eigenvalue weighted by atomic mass is 9.95. The van der Waals surface area contributed by atoms with Crippen molar-refractivity contribution < 1.29 is 9.13 Å². The molecule has 0 aliphatic rings. The highest BCUT2D eigenvalue weighted by Gasteiger charge is 2.14. The lowest BCUT2D eigenvalue weighted by Crippen LogP contribution is -2.04. The Morgan fingerprint density at radius 3 is 2.68 bits per heavy atom. The van der Waals surface area contributed by atoms with Crippen LogP contribution < -0.4 is 4.74 Å². The predicted molar refractivity (Wildman–Crippen MR) is 85.4 cm³/mol. The van der Waals surface area contributed by atoms with Crippen LogP contribution in [0.5, 0.6) is 5.75 Å². The number of ether oxygens (including phenoxy) is 1. The highest BCUT2D eigenvalue weighted by molar-refractivity contribution is 5.36. The van der Waals surface area contributed by atoms with E-state index >= 15 is 0 Å². The third kappa shape index (κ3) is 4.08. The van der Waals surface area contributed by atoms with Gasteiger partial charge in [0, 0.05) is 5.56 Å². The van der Waals surface area contributed by atoms with Gasteiger partial charge in [0.05, 0.1) is 18.6 Å². The Balaban J connectivity index is 1.89. The van der Waals surface area contributed by atoms with Crippen LogP contribution in [0.15, 0.2) is 42.5 Å². The molecule has 2 nitrogen and oxygen atoms in total. The standard InChI is InChI=1S/C19H20FNO/c1-14-9-10-15(2)19(12-14)22-11-5-6-16(13-21)17-7-3-4-8-18(17)20/h3-4,7-10,12,16H,5-6,11H2,1-2H3. The van der Waals surface area contributed by atoms with Crippen LogP contribution in [-0.4, -0.2) is 6.61 Å². The van der Waals surface area contributed by atoms with Crippen molar-refractivity contribution in [2.45, 2.75) is 32.6 Å². The Morgan fingerprint density at radius 2 is 1.95 bits per heavy atom. The van der Waals surface area contributed by atoms with Crippen molar-refractivity contribution in [3.8, 4) is 11.8 Å². The summed E-state index contributed by atoms with van der Waals surface area (Å²) in [6, 6.07) is 14.7. The number of benzene rings is 2. The Hall–Kier alpha value is -2.34. The van der Waals surface area contributed by atoms with E-state index in [1.807, 2.05) is 32.0 Å². The van der Waals surface area contributed by atoms with Gasteiger partial charge in [-0.05, 0) is 49.9 Å². The fraction of sp³-hybridized carbons (Fsp3) is 0.316. The molecule has 2 aromatic carbocycles. The summed E-state index contributed by atoms with van der Waals surface area (Å²) in [6.45, 7) is 4.55. The Morgan fingerprint density at radius 1 is 1.18 bits per heavy atom. The van der Waals surface area contributed by atoms with Gasteiger partial charge in [-0.3, -0.25) is 0 Å². The zero-order chi connectivity index (χ0) is 15.9. The van der Waals surface area contributed by atoms with Crippen LogP contribution in [0.3, 0.4) is 0 Å². The lowest BCUT2D eigenvalue weighted by Gasteiger charge is -2.12. The van der Waals surface area contributed by atoms with Gasteiger partial charge in [-0.1, -0.05) is 30.3 Å². The number of aryl methyl sites for hydroxylation is 2. The maximum absolute atomic E-state index is 13.7. The zero-order valence-corrected chi connectivity index (χ0v) is 13.0. The average Bonchev–Trinajstić information content (AvgIpc) is 2.52. The van der Waals surface area contributed by atoms with E-state index in [2.05, 4.69) is 6.07 Å². The summed E-state index contributed by atoms with van der Waals surface area (Å²) < 4.78 is 19.5. The van der Waals surface area contributed by atoms with Crippen LogP contribution in [0.4, 0.5) is 4.39 Å².